The number of pyridine rings is 1. The van der Waals surface area contributed by atoms with Gasteiger partial charge in [0, 0.05) is 0 Å². The SMILES string of the molecule is O=c1c(I)c(CCl)n(N2C=CON2)c2ccc(F)cc12. The van der Waals surface area contributed by atoms with Gasteiger partial charge in [-0.2, -0.15) is 5.12 Å². The molecule has 0 fully saturated rings. The molecule has 104 valence electrons. The molecule has 0 radical (unpaired) electrons. The normalized spacial score (nSPS) is 14.1. The van der Waals surface area contributed by atoms with E-state index in [0.717, 1.165) is 0 Å². The molecule has 1 N–H and O–H groups in total. The van der Waals surface area contributed by atoms with Gasteiger partial charge in [0.1, 0.15) is 12.1 Å². The van der Waals surface area contributed by atoms with Crippen LogP contribution in [0.5, 0.6) is 0 Å². The summed E-state index contributed by atoms with van der Waals surface area (Å²) in [5.74, 6) is -0.330. The van der Waals surface area contributed by atoms with E-state index < -0.39 is 5.82 Å². The molecule has 1 aromatic heterocycles. The third-order valence-corrected chi connectivity index (χ3v) is 4.26. The van der Waals surface area contributed by atoms with Crippen molar-refractivity contribution in [1.29, 1.82) is 0 Å². The van der Waals surface area contributed by atoms with Crippen LogP contribution >= 0.6 is 34.2 Å². The standard InChI is InChI=1S/C12H8ClFIN3O2/c13-6-10-11(15)12(19)8-5-7(14)1-2-9(8)18(10)17-3-4-20-16-17/h1-5,16H,6H2. The highest BCUT2D eigenvalue weighted by Gasteiger charge is 2.19. The highest BCUT2D eigenvalue weighted by molar-refractivity contribution is 14.1. The third-order valence-electron chi connectivity index (χ3n) is 2.90. The van der Waals surface area contributed by atoms with Gasteiger partial charge in [0.2, 0.25) is 5.43 Å². The van der Waals surface area contributed by atoms with E-state index >= 15 is 0 Å². The third kappa shape index (κ3) is 2.05. The van der Waals surface area contributed by atoms with Crippen LogP contribution in [0.3, 0.4) is 0 Å². The smallest absolute Gasteiger partial charge is 0.203 e. The van der Waals surface area contributed by atoms with Crippen LogP contribution in [0, 0.1) is 9.39 Å². The van der Waals surface area contributed by atoms with Gasteiger partial charge >= 0.3 is 0 Å². The fraction of sp³-hybridized carbons (Fsp3) is 0.0833. The molecule has 0 saturated carbocycles. The Morgan fingerprint density at radius 1 is 1.45 bits per heavy atom. The van der Waals surface area contributed by atoms with Gasteiger partial charge in [-0.25, -0.2) is 9.07 Å². The first-order chi connectivity index (χ1) is 9.63. The van der Waals surface area contributed by atoms with Crippen LogP contribution in [0.4, 0.5) is 4.39 Å². The van der Waals surface area contributed by atoms with Gasteiger partial charge in [-0.1, -0.05) is 0 Å². The Kier molecular flexibility index (Phi) is 3.57. The Morgan fingerprint density at radius 2 is 2.25 bits per heavy atom. The van der Waals surface area contributed by atoms with E-state index in [1.165, 1.54) is 29.6 Å². The first-order valence-electron chi connectivity index (χ1n) is 5.59. The Hall–Kier alpha value is -1.32. The summed E-state index contributed by atoms with van der Waals surface area (Å²) >= 11 is 7.88. The van der Waals surface area contributed by atoms with Crippen LogP contribution in [0.25, 0.3) is 10.9 Å². The predicted octanol–water partition coefficient (Wildman–Crippen LogP) is 2.34. The number of hydrogen-bond donors (Lipinski definition) is 1. The summed E-state index contributed by atoms with van der Waals surface area (Å²) in [5.41, 5.74) is 3.52. The van der Waals surface area contributed by atoms with Crippen molar-refractivity contribution in [2.75, 3.05) is 5.12 Å². The number of hydrogen-bond acceptors (Lipinski definition) is 4. The molecule has 8 heteroatoms. The maximum atomic E-state index is 13.4. The maximum absolute atomic E-state index is 13.4. The molecule has 5 nitrogen and oxygen atoms in total. The number of fused-ring (bicyclic) bond motifs is 1. The number of halogens is 3. The molecule has 2 heterocycles. The van der Waals surface area contributed by atoms with Crippen LogP contribution in [0.1, 0.15) is 5.69 Å². The highest BCUT2D eigenvalue weighted by atomic mass is 127. The molecule has 0 aliphatic carbocycles. The first-order valence-corrected chi connectivity index (χ1v) is 7.21. The summed E-state index contributed by atoms with van der Waals surface area (Å²) in [6.07, 6.45) is 3.07. The molecule has 0 spiro atoms. The van der Waals surface area contributed by atoms with E-state index in [2.05, 4.69) is 5.59 Å². The molecular formula is C12H8ClFIN3O2. The fourth-order valence-corrected chi connectivity index (χ4v) is 3.22. The summed E-state index contributed by atoms with van der Waals surface area (Å²) < 4.78 is 15.5. The number of aromatic nitrogens is 1. The number of nitrogens with zero attached hydrogens (tertiary/aromatic N) is 2. The molecule has 20 heavy (non-hydrogen) atoms. The van der Waals surface area contributed by atoms with Crippen LogP contribution in [-0.4, -0.2) is 4.68 Å². The molecule has 3 rings (SSSR count). The zero-order chi connectivity index (χ0) is 14.3. The average Bonchev–Trinajstić information content (AvgIpc) is 2.96. The van der Waals surface area contributed by atoms with Crippen molar-refractivity contribution in [3.8, 4) is 0 Å². The Morgan fingerprint density at radius 3 is 2.90 bits per heavy atom. The van der Waals surface area contributed by atoms with E-state index in [1.54, 1.807) is 10.9 Å². The number of hydrazine groups is 1. The van der Waals surface area contributed by atoms with Gasteiger partial charge in [-0.15, -0.1) is 11.6 Å². The van der Waals surface area contributed by atoms with Crippen molar-refractivity contribution in [1.82, 2.24) is 10.3 Å². The van der Waals surface area contributed by atoms with E-state index in [0.29, 0.717) is 14.8 Å². The van der Waals surface area contributed by atoms with E-state index in [9.17, 15) is 9.18 Å². The number of rotatable bonds is 2. The lowest BCUT2D eigenvalue weighted by molar-refractivity contribution is 0.140. The second kappa shape index (κ2) is 5.23. The van der Waals surface area contributed by atoms with Crippen LogP contribution in [-0.2, 0) is 10.7 Å². The summed E-state index contributed by atoms with van der Waals surface area (Å²) in [7, 11) is 0. The lowest BCUT2D eigenvalue weighted by atomic mass is 10.2. The first kappa shape index (κ1) is 13.7. The van der Waals surface area contributed by atoms with Gasteiger partial charge in [-0.3, -0.25) is 4.79 Å². The molecule has 0 saturated heterocycles. The molecule has 0 unspecified atom stereocenters. The zero-order valence-electron chi connectivity index (χ0n) is 9.94. The molecule has 1 aliphatic heterocycles. The van der Waals surface area contributed by atoms with Gasteiger partial charge in [0.25, 0.3) is 0 Å². The predicted molar refractivity (Wildman–Crippen MR) is 82.0 cm³/mol. The number of nitrogens with one attached hydrogen (secondary N) is 1. The van der Waals surface area contributed by atoms with Gasteiger partial charge in [-0.05, 0) is 46.4 Å². The quantitative estimate of drug-likeness (QED) is 0.613. The van der Waals surface area contributed by atoms with Crippen molar-refractivity contribution >= 4 is 45.1 Å². The second-order valence-corrected chi connectivity index (χ2v) is 5.38. The summed E-state index contributed by atoms with van der Waals surface area (Å²) in [5, 5.41) is 1.81. The van der Waals surface area contributed by atoms with Crippen LogP contribution < -0.4 is 16.1 Å². The minimum Gasteiger partial charge on any atom is -0.394 e. The molecule has 2 aromatic rings. The average molecular weight is 408 g/mol. The summed E-state index contributed by atoms with van der Waals surface area (Å²) in [4.78, 5) is 17.2. The minimum atomic E-state index is -0.461. The fourth-order valence-electron chi connectivity index (χ4n) is 2.03. The number of benzene rings is 1. The van der Waals surface area contributed by atoms with Gasteiger partial charge in [0.15, 0.2) is 0 Å². The van der Waals surface area contributed by atoms with E-state index in [4.69, 9.17) is 16.4 Å². The van der Waals surface area contributed by atoms with Crippen LogP contribution in [0.2, 0.25) is 0 Å². The molecule has 0 bridgehead atoms. The van der Waals surface area contributed by atoms with Crippen LogP contribution in [0.15, 0.2) is 35.5 Å². The molecule has 1 aliphatic rings. The second-order valence-electron chi connectivity index (χ2n) is 4.04. The largest absolute Gasteiger partial charge is 0.394 e. The van der Waals surface area contributed by atoms with E-state index in [1.807, 2.05) is 22.6 Å². The Labute approximate surface area is 131 Å². The Balaban J connectivity index is 2.43. The van der Waals surface area contributed by atoms with Crippen molar-refractivity contribution < 1.29 is 9.23 Å². The van der Waals surface area contributed by atoms with Gasteiger partial charge < -0.3 is 4.84 Å². The molecule has 0 amide bonds. The summed E-state index contributed by atoms with van der Waals surface area (Å²) in [6, 6.07) is 4.05. The summed E-state index contributed by atoms with van der Waals surface area (Å²) in [6.45, 7) is 0. The Bertz CT molecular complexity index is 777. The lowest BCUT2D eigenvalue weighted by Crippen LogP contribution is -2.40. The molecular weight excluding hydrogens is 400 g/mol. The number of alkyl halides is 1. The zero-order valence-corrected chi connectivity index (χ0v) is 12.9. The van der Waals surface area contributed by atoms with Gasteiger partial charge in [0.05, 0.1) is 32.2 Å². The minimum absolute atomic E-state index is 0.132. The van der Waals surface area contributed by atoms with Crippen molar-refractivity contribution in [3.63, 3.8) is 0 Å². The maximum Gasteiger partial charge on any atom is 0.203 e. The van der Waals surface area contributed by atoms with Crippen molar-refractivity contribution in [2.45, 2.75) is 5.88 Å². The van der Waals surface area contributed by atoms with Crippen molar-refractivity contribution in [3.05, 3.63) is 56.0 Å². The van der Waals surface area contributed by atoms with E-state index in [-0.39, 0.29) is 16.7 Å². The topological polar surface area (TPSA) is 46.5 Å². The monoisotopic (exact) mass is 407 g/mol. The highest BCUT2D eigenvalue weighted by Crippen LogP contribution is 2.21. The molecule has 0 atom stereocenters. The van der Waals surface area contributed by atoms with Crippen molar-refractivity contribution in [2.24, 2.45) is 0 Å². The lowest BCUT2D eigenvalue weighted by Gasteiger charge is -2.24. The molecule has 1 aromatic carbocycles.